The Labute approximate surface area is 205 Å². The smallest absolute Gasteiger partial charge is 0.376 e. The van der Waals surface area contributed by atoms with Gasteiger partial charge in [-0.15, -0.1) is 0 Å². The summed E-state index contributed by atoms with van der Waals surface area (Å²) in [4.78, 5) is 30.7. The molecule has 0 atom stereocenters. The Balaban J connectivity index is 0. The molecule has 0 aliphatic rings. The molecule has 0 spiro atoms. The van der Waals surface area contributed by atoms with Gasteiger partial charge in [-0.1, -0.05) is 17.7 Å². The minimum atomic E-state index is -3.35. The molecule has 0 unspecified atom stereocenters. The Bertz CT molecular complexity index is 734. The number of halogens is 2. The van der Waals surface area contributed by atoms with Crippen LogP contribution in [-0.4, -0.2) is 101 Å². The predicted molar refractivity (Wildman–Crippen MR) is 127 cm³/mol. The highest BCUT2D eigenvalue weighted by atomic mass is 19.3. The first kappa shape index (κ1) is 34.3. The zero-order valence-electron chi connectivity index (χ0n) is 21.4. The van der Waals surface area contributed by atoms with E-state index in [4.69, 9.17) is 14.6 Å². The van der Waals surface area contributed by atoms with Crippen LogP contribution in [0.2, 0.25) is 0 Å². The van der Waals surface area contributed by atoms with Gasteiger partial charge >= 0.3 is 17.9 Å². The van der Waals surface area contributed by atoms with E-state index in [0.29, 0.717) is 39.7 Å². The molecule has 0 radical (unpaired) electrons. The Morgan fingerprint density at radius 2 is 1.63 bits per heavy atom. The molecule has 0 aliphatic carbocycles. The third-order valence-corrected chi connectivity index (χ3v) is 3.81. The second kappa shape index (κ2) is 18.5. The SMILES string of the molecule is COC(=O)C(C)(F)F.Cc1ccc(OCCNC(=O)CCOCC[N+](C)(C)C)cc1.NCC(=O)O. The molecular formula is C23H40F2N3O7+. The molecule has 0 saturated heterocycles. The summed E-state index contributed by atoms with van der Waals surface area (Å²) in [5.41, 5.74) is 5.77. The van der Waals surface area contributed by atoms with Crippen molar-refractivity contribution in [3.63, 3.8) is 0 Å². The van der Waals surface area contributed by atoms with Crippen molar-refractivity contribution in [2.75, 3.05) is 67.7 Å². The van der Waals surface area contributed by atoms with Gasteiger partial charge in [0.05, 0.1) is 54.6 Å². The van der Waals surface area contributed by atoms with Crippen molar-refractivity contribution >= 4 is 17.8 Å². The van der Waals surface area contributed by atoms with Gasteiger partial charge in [0.25, 0.3) is 0 Å². The number of alkyl halides is 2. The summed E-state index contributed by atoms with van der Waals surface area (Å²) >= 11 is 0. The van der Waals surface area contributed by atoms with Crippen molar-refractivity contribution in [2.24, 2.45) is 5.73 Å². The number of aliphatic carboxylic acids is 1. The lowest BCUT2D eigenvalue weighted by Crippen LogP contribution is -2.37. The van der Waals surface area contributed by atoms with Crippen LogP contribution >= 0.6 is 0 Å². The maximum atomic E-state index is 11.6. The number of nitrogens with two attached hydrogens (primary N) is 1. The maximum absolute atomic E-state index is 11.6. The number of likely N-dealkylation sites (N-methyl/N-ethyl adjacent to an activating group) is 1. The van der Waals surface area contributed by atoms with Crippen LogP contribution in [0.3, 0.4) is 0 Å². The van der Waals surface area contributed by atoms with Crippen LogP contribution in [-0.2, 0) is 23.9 Å². The molecule has 0 bridgehead atoms. The van der Waals surface area contributed by atoms with Crippen molar-refractivity contribution in [2.45, 2.75) is 26.2 Å². The standard InChI is InChI=1S/C17H28N2O3.C4H6F2O2.C2H5NO2/c1-15-5-7-16(8-6-15)22-13-10-18-17(20)9-12-21-14-11-19(2,3)4;1-4(5,6)3(7)8-2;3-1-2(4)5/h5-8H,9-14H2,1-4H3;1-2H3;1,3H2,(H,4,5)/p+1. The van der Waals surface area contributed by atoms with Crippen LogP contribution in [0.25, 0.3) is 0 Å². The van der Waals surface area contributed by atoms with E-state index in [-0.39, 0.29) is 12.5 Å². The van der Waals surface area contributed by atoms with Crippen LogP contribution in [0.1, 0.15) is 18.9 Å². The number of rotatable bonds is 12. The highest BCUT2D eigenvalue weighted by Crippen LogP contribution is 2.12. The number of hydrogen-bond acceptors (Lipinski definition) is 7. The molecule has 0 aromatic heterocycles. The number of quaternary nitrogens is 1. The van der Waals surface area contributed by atoms with Gasteiger partial charge in [0, 0.05) is 13.3 Å². The number of nitrogens with one attached hydrogen (secondary N) is 1. The molecule has 1 amide bonds. The molecule has 0 heterocycles. The number of carbonyl (C=O) groups excluding carboxylic acids is 2. The van der Waals surface area contributed by atoms with Gasteiger partial charge in [0.15, 0.2) is 0 Å². The lowest BCUT2D eigenvalue weighted by molar-refractivity contribution is -0.870. The highest BCUT2D eigenvalue weighted by molar-refractivity contribution is 5.76. The van der Waals surface area contributed by atoms with Crippen LogP contribution in [0, 0.1) is 6.92 Å². The van der Waals surface area contributed by atoms with E-state index in [2.05, 4.69) is 36.9 Å². The Hall–Kier alpha value is -2.83. The largest absolute Gasteiger partial charge is 0.492 e. The number of benzene rings is 1. The zero-order chi connectivity index (χ0) is 27.5. The monoisotopic (exact) mass is 508 g/mol. The lowest BCUT2D eigenvalue weighted by atomic mass is 10.2. The molecule has 35 heavy (non-hydrogen) atoms. The van der Waals surface area contributed by atoms with Gasteiger partial charge in [0.2, 0.25) is 5.91 Å². The van der Waals surface area contributed by atoms with Crippen LogP contribution in [0.5, 0.6) is 5.75 Å². The lowest BCUT2D eigenvalue weighted by Gasteiger charge is -2.23. The number of nitrogens with zero attached hydrogens (tertiary/aromatic N) is 1. The second-order valence-corrected chi connectivity index (χ2v) is 8.37. The van der Waals surface area contributed by atoms with Crippen molar-refractivity contribution < 1.29 is 47.0 Å². The van der Waals surface area contributed by atoms with Crippen molar-refractivity contribution in [1.29, 1.82) is 0 Å². The molecule has 4 N–H and O–H groups in total. The van der Waals surface area contributed by atoms with Gasteiger partial charge in [0.1, 0.15) is 18.9 Å². The fraction of sp³-hybridized carbons (Fsp3) is 0.609. The summed E-state index contributed by atoms with van der Waals surface area (Å²) in [7, 11) is 7.26. The van der Waals surface area contributed by atoms with Crippen molar-refractivity contribution in [1.82, 2.24) is 5.32 Å². The summed E-state index contributed by atoms with van der Waals surface area (Å²) < 4.78 is 38.9. The van der Waals surface area contributed by atoms with Crippen LogP contribution in [0.15, 0.2) is 24.3 Å². The zero-order valence-corrected chi connectivity index (χ0v) is 21.4. The second-order valence-electron chi connectivity index (χ2n) is 8.37. The predicted octanol–water partition coefficient (Wildman–Crippen LogP) is 1.45. The van der Waals surface area contributed by atoms with E-state index in [1.54, 1.807) is 0 Å². The molecule has 10 nitrogen and oxygen atoms in total. The minimum Gasteiger partial charge on any atom is -0.492 e. The third-order valence-electron chi connectivity index (χ3n) is 3.81. The van der Waals surface area contributed by atoms with Crippen LogP contribution in [0.4, 0.5) is 8.78 Å². The highest BCUT2D eigenvalue weighted by Gasteiger charge is 2.33. The molecular weight excluding hydrogens is 468 g/mol. The molecule has 0 aliphatic heterocycles. The summed E-state index contributed by atoms with van der Waals surface area (Å²) in [6.07, 6.45) is 0.391. The number of amides is 1. The molecule has 12 heteroatoms. The van der Waals surface area contributed by atoms with Gasteiger partial charge in [-0.3, -0.25) is 9.59 Å². The van der Waals surface area contributed by atoms with E-state index >= 15 is 0 Å². The number of ether oxygens (including phenoxy) is 3. The van der Waals surface area contributed by atoms with Crippen molar-refractivity contribution in [3.05, 3.63) is 29.8 Å². The van der Waals surface area contributed by atoms with E-state index in [1.165, 1.54) is 5.56 Å². The number of carboxylic acid groups (broad SMARTS) is 1. The van der Waals surface area contributed by atoms with Gasteiger partial charge in [-0.25, -0.2) is 4.79 Å². The molecule has 0 saturated carbocycles. The van der Waals surface area contributed by atoms with E-state index in [1.807, 2.05) is 31.2 Å². The molecule has 202 valence electrons. The average Bonchev–Trinajstić information content (AvgIpc) is 2.76. The van der Waals surface area contributed by atoms with Crippen molar-refractivity contribution in [3.8, 4) is 5.75 Å². The number of methoxy groups -OCH3 is 1. The summed E-state index contributed by atoms with van der Waals surface area (Å²) in [6, 6.07) is 7.86. The normalized spacial score (nSPS) is 10.7. The minimum absolute atomic E-state index is 0.00208. The van der Waals surface area contributed by atoms with Gasteiger partial charge < -0.3 is 34.9 Å². The number of carbonyl (C=O) groups is 3. The maximum Gasteiger partial charge on any atom is 0.376 e. The van der Waals surface area contributed by atoms with E-state index in [0.717, 1.165) is 23.9 Å². The first-order valence-electron chi connectivity index (χ1n) is 10.8. The number of aryl methyl sites for hydroxylation is 1. The van der Waals surface area contributed by atoms with Crippen LogP contribution < -0.4 is 15.8 Å². The van der Waals surface area contributed by atoms with E-state index < -0.39 is 17.9 Å². The summed E-state index contributed by atoms with van der Waals surface area (Å²) in [5, 5.41) is 10.4. The molecule has 1 aromatic carbocycles. The van der Waals surface area contributed by atoms with Gasteiger partial charge in [-0.05, 0) is 19.1 Å². The summed E-state index contributed by atoms with van der Waals surface area (Å²) in [6.45, 7) is 5.29. The Kier molecular flexibility index (Phi) is 18.1. The number of carboxylic acids is 1. The van der Waals surface area contributed by atoms with E-state index in [9.17, 15) is 23.2 Å². The first-order valence-corrected chi connectivity index (χ1v) is 10.8. The first-order chi connectivity index (χ1) is 16.1. The number of hydrogen-bond donors (Lipinski definition) is 3. The Morgan fingerprint density at radius 1 is 1.09 bits per heavy atom. The molecule has 0 fully saturated rings. The summed E-state index contributed by atoms with van der Waals surface area (Å²) in [5.74, 6) is -5.00. The topological polar surface area (TPSA) is 137 Å². The third kappa shape index (κ3) is 24.1. The quantitative estimate of drug-likeness (QED) is 0.219. The van der Waals surface area contributed by atoms with Gasteiger partial charge in [-0.2, -0.15) is 8.78 Å². The average molecular weight is 509 g/mol. The molecule has 1 aromatic rings. The molecule has 1 rings (SSSR count). The fourth-order valence-electron chi connectivity index (χ4n) is 1.87. The Morgan fingerprint density at radius 3 is 2.03 bits per heavy atom. The number of esters is 1. The fourth-order valence-corrected chi connectivity index (χ4v) is 1.87.